The number of benzene rings is 4. The zero-order valence-electron chi connectivity index (χ0n) is 20.0. The molecule has 0 fully saturated rings. The van der Waals surface area contributed by atoms with Gasteiger partial charge in [-0.2, -0.15) is 0 Å². The molecule has 42 heavy (non-hydrogen) atoms. The van der Waals surface area contributed by atoms with Gasteiger partial charge in [0.2, 0.25) is 0 Å². The second-order valence-electron chi connectivity index (χ2n) is 8.38. The highest BCUT2D eigenvalue weighted by molar-refractivity contribution is 9.13. The molecule has 0 saturated heterocycles. The summed E-state index contributed by atoms with van der Waals surface area (Å²) in [6, 6.07) is 15.3. The van der Waals surface area contributed by atoms with E-state index in [9.17, 15) is 4.57 Å². The Labute approximate surface area is 344 Å². The zero-order valence-corrected chi connectivity index (χ0v) is 40.1. The van der Waals surface area contributed by atoms with E-state index in [2.05, 4.69) is 191 Å². The quantitative estimate of drug-likeness (QED) is 0.165. The third-order valence-electron chi connectivity index (χ3n) is 5.65. The summed E-state index contributed by atoms with van der Waals surface area (Å²) >= 11 is 43.6. The molecule has 0 spiro atoms. The maximum atomic E-state index is 14.1. The minimum absolute atomic E-state index is 0.734. The summed E-state index contributed by atoms with van der Waals surface area (Å²) in [6.07, 6.45) is -1.61. The van der Waals surface area contributed by atoms with Gasteiger partial charge in [0.1, 0.15) is 12.2 Å². The van der Waals surface area contributed by atoms with Crippen molar-refractivity contribution in [1.29, 1.82) is 0 Å². The second kappa shape index (κ2) is 16.5. The first-order valence-corrected chi connectivity index (χ1v) is 21.9. The van der Waals surface area contributed by atoms with Gasteiger partial charge in [-0.05, 0) is 48.5 Å². The van der Waals surface area contributed by atoms with Crippen LogP contribution in [0.15, 0.2) is 102 Å². The number of halogens is 12. The monoisotopic (exact) mass is 1350 g/mol. The van der Waals surface area contributed by atoms with Crippen LogP contribution in [-0.2, 0) is 13.6 Å². The first kappa shape index (κ1) is 37.6. The van der Waals surface area contributed by atoms with Crippen molar-refractivity contribution in [3.05, 3.63) is 124 Å². The van der Waals surface area contributed by atoms with Crippen molar-refractivity contribution in [3.63, 3.8) is 0 Å². The molecule has 0 aliphatic carbocycles. The van der Waals surface area contributed by atoms with E-state index in [1.807, 2.05) is 48.5 Å². The maximum Gasteiger partial charge on any atom is 0.320 e. The molecular weight excluding hydrogens is 1350 g/mol. The van der Waals surface area contributed by atoms with Crippen molar-refractivity contribution in [3.8, 4) is 0 Å². The van der Waals surface area contributed by atoms with Crippen molar-refractivity contribution in [2.75, 3.05) is 0 Å². The standard InChI is InChI=1S/C26H11Br12O3P/c27-9-1-13(31)21(14(32)2-9)25(22-15(33)3-10(28)4-16(22)34)40-42(39)41-26(23-17(35)5-11(29)6-18(23)36)24-19(37)7-12(30)8-20(24)38/h1-8,25-26,42H. The minimum atomic E-state index is -3.21. The Morgan fingerprint density at radius 1 is 0.381 bits per heavy atom. The van der Waals surface area contributed by atoms with Gasteiger partial charge in [0.25, 0.3) is 0 Å². The fourth-order valence-electron chi connectivity index (χ4n) is 3.96. The van der Waals surface area contributed by atoms with Gasteiger partial charge in [-0.3, -0.25) is 13.6 Å². The van der Waals surface area contributed by atoms with E-state index in [1.165, 1.54) is 0 Å². The van der Waals surface area contributed by atoms with Crippen molar-refractivity contribution < 1.29 is 13.6 Å². The van der Waals surface area contributed by atoms with Crippen LogP contribution in [0.1, 0.15) is 34.5 Å². The largest absolute Gasteiger partial charge is 0.320 e. The predicted molar refractivity (Wildman–Crippen MR) is 213 cm³/mol. The van der Waals surface area contributed by atoms with Crippen LogP contribution < -0.4 is 0 Å². The lowest BCUT2D eigenvalue weighted by Crippen LogP contribution is -2.10. The predicted octanol–water partition coefficient (Wildman–Crippen LogP) is 16.1. The Kier molecular flexibility index (Phi) is 14.7. The average Bonchev–Trinajstić information content (AvgIpc) is 2.81. The van der Waals surface area contributed by atoms with Gasteiger partial charge in [-0.15, -0.1) is 0 Å². The Bertz CT molecular complexity index is 1380. The van der Waals surface area contributed by atoms with Crippen molar-refractivity contribution in [2.45, 2.75) is 12.2 Å². The number of hydrogen-bond donors (Lipinski definition) is 0. The second-order valence-corrected chi connectivity index (χ2v) is 19.8. The fraction of sp³-hybridized carbons (Fsp3) is 0.0769. The third-order valence-corrected chi connectivity index (χ3v) is 13.6. The smallest absolute Gasteiger partial charge is 0.297 e. The van der Waals surface area contributed by atoms with Crippen LogP contribution in [0.25, 0.3) is 0 Å². The fourth-order valence-corrected chi connectivity index (χ4v) is 15.6. The molecule has 0 aliphatic rings. The van der Waals surface area contributed by atoms with Gasteiger partial charge >= 0.3 is 8.25 Å². The average molecular weight is 1360 g/mol. The van der Waals surface area contributed by atoms with Gasteiger partial charge in [-0.25, -0.2) is 0 Å². The molecule has 0 unspecified atom stereocenters. The summed E-state index contributed by atoms with van der Waals surface area (Å²) in [6.45, 7) is 0. The third kappa shape index (κ3) is 9.07. The van der Waals surface area contributed by atoms with Crippen LogP contribution in [0.3, 0.4) is 0 Å². The Hall–Kier alpha value is 2.79. The topological polar surface area (TPSA) is 35.5 Å². The number of hydrogen-bond acceptors (Lipinski definition) is 3. The van der Waals surface area contributed by atoms with Crippen molar-refractivity contribution in [1.82, 2.24) is 0 Å². The molecule has 0 radical (unpaired) electrons. The minimum Gasteiger partial charge on any atom is -0.297 e. The summed E-state index contributed by atoms with van der Waals surface area (Å²) < 4.78 is 36.3. The van der Waals surface area contributed by atoms with Crippen LogP contribution in [0.4, 0.5) is 0 Å². The van der Waals surface area contributed by atoms with Gasteiger partial charge in [0.15, 0.2) is 0 Å². The number of rotatable bonds is 8. The highest BCUT2D eigenvalue weighted by Crippen LogP contribution is 2.53. The SMILES string of the molecule is O=[PH](OC(c1c(Br)cc(Br)cc1Br)c1c(Br)cc(Br)cc1Br)OC(c1c(Br)cc(Br)cc1Br)c1c(Br)cc(Br)cc1Br. The Morgan fingerprint density at radius 3 is 0.714 bits per heavy atom. The molecule has 222 valence electrons. The highest BCUT2D eigenvalue weighted by Gasteiger charge is 2.32. The van der Waals surface area contributed by atoms with E-state index < -0.39 is 20.5 Å². The van der Waals surface area contributed by atoms with Crippen LogP contribution in [0.2, 0.25) is 0 Å². The molecule has 0 aromatic heterocycles. The summed E-state index contributed by atoms with van der Waals surface area (Å²) in [7, 11) is -3.21. The van der Waals surface area contributed by atoms with E-state index in [4.69, 9.17) is 9.05 Å². The molecule has 4 aromatic carbocycles. The lowest BCUT2D eigenvalue weighted by atomic mass is 10.0. The van der Waals surface area contributed by atoms with E-state index in [0.717, 1.165) is 75.9 Å². The van der Waals surface area contributed by atoms with Gasteiger partial charge in [0.05, 0.1) is 0 Å². The summed E-state index contributed by atoms with van der Waals surface area (Å²) in [4.78, 5) is 0. The molecule has 0 heterocycles. The molecule has 0 atom stereocenters. The van der Waals surface area contributed by atoms with Crippen LogP contribution >= 0.6 is 199 Å². The maximum absolute atomic E-state index is 14.1. The first-order valence-electron chi connectivity index (χ1n) is 11.1. The summed E-state index contributed by atoms with van der Waals surface area (Å²) in [5.74, 6) is 0. The molecule has 0 bridgehead atoms. The molecule has 0 aliphatic heterocycles. The lowest BCUT2D eigenvalue weighted by molar-refractivity contribution is 0.161. The first-order chi connectivity index (χ1) is 19.7. The van der Waals surface area contributed by atoms with E-state index in [0.29, 0.717) is 0 Å². The molecule has 0 N–H and O–H groups in total. The molecular formula is C26H11Br12O3P. The molecule has 4 aromatic rings. The van der Waals surface area contributed by atoms with Gasteiger partial charge in [0, 0.05) is 75.9 Å². The van der Waals surface area contributed by atoms with Gasteiger partial charge in [-0.1, -0.05) is 191 Å². The zero-order chi connectivity index (χ0) is 31.0. The van der Waals surface area contributed by atoms with Crippen LogP contribution in [0.5, 0.6) is 0 Å². The van der Waals surface area contributed by atoms with E-state index in [1.54, 1.807) is 0 Å². The molecule has 16 heteroatoms. The van der Waals surface area contributed by atoms with Crippen LogP contribution in [0, 0.1) is 0 Å². The normalized spacial score (nSPS) is 11.8. The summed E-state index contributed by atoms with van der Waals surface area (Å²) in [5, 5.41) is 0. The van der Waals surface area contributed by atoms with Crippen molar-refractivity contribution in [2.24, 2.45) is 0 Å². The molecule has 4 rings (SSSR count). The summed E-state index contributed by atoms with van der Waals surface area (Å²) in [5.41, 5.74) is 2.93. The van der Waals surface area contributed by atoms with Crippen LogP contribution in [-0.4, -0.2) is 0 Å². The van der Waals surface area contributed by atoms with E-state index >= 15 is 0 Å². The Balaban J connectivity index is 1.86. The Morgan fingerprint density at radius 2 is 0.548 bits per heavy atom. The van der Waals surface area contributed by atoms with E-state index in [-0.39, 0.29) is 0 Å². The molecule has 0 amide bonds. The highest BCUT2D eigenvalue weighted by atomic mass is 79.9. The lowest BCUT2D eigenvalue weighted by Gasteiger charge is -2.27. The van der Waals surface area contributed by atoms with Crippen molar-refractivity contribution >= 4 is 199 Å². The van der Waals surface area contributed by atoms with Gasteiger partial charge < -0.3 is 0 Å². The molecule has 3 nitrogen and oxygen atoms in total. The molecule has 0 saturated carbocycles.